The normalized spacial score (nSPS) is 10.6. The number of nitrogens with zero attached hydrogens (tertiary/aromatic N) is 3. The van der Waals surface area contributed by atoms with Gasteiger partial charge in [-0.25, -0.2) is 0 Å². The van der Waals surface area contributed by atoms with Gasteiger partial charge in [-0.05, 0) is 49.6 Å². The number of thioether (sulfide) groups is 1. The number of anilines is 1. The predicted octanol–water partition coefficient (Wildman–Crippen LogP) is 3.29. The van der Waals surface area contributed by atoms with Gasteiger partial charge in [0, 0.05) is 11.4 Å². The highest BCUT2D eigenvalue weighted by molar-refractivity contribution is 7.99. The molecule has 7 nitrogen and oxygen atoms in total. The summed E-state index contributed by atoms with van der Waals surface area (Å²) in [5, 5.41) is 14.4. The van der Waals surface area contributed by atoms with Crippen molar-refractivity contribution in [3.8, 4) is 5.69 Å². The van der Waals surface area contributed by atoms with Gasteiger partial charge in [0.25, 0.3) is 0 Å². The molecular formula is C22H25N5O2S. The van der Waals surface area contributed by atoms with Gasteiger partial charge in [-0.15, -0.1) is 10.2 Å². The average Bonchev–Trinajstić information content (AvgIpc) is 3.11. The Morgan fingerprint density at radius 1 is 1.03 bits per heavy atom. The van der Waals surface area contributed by atoms with Gasteiger partial charge in [-0.3, -0.25) is 14.2 Å². The summed E-state index contributed by atoms with van der Waals surface area (Å²) in [5.74, 6) is 0.392. The lowest BCUT2D eigenvalue weighted by Crippen LogP contribution is -2.34. The molecule has 0 bridgehead atoms. The van der Waals surface area contributed by atoms with Crippen LogP contribution in [0.4, 0.5) is 5.69 Å². The molecule has 1 heterocycles. The number of aryl methyl sites for hydroxylation is 3. The van der Waals surface area contributed by atoms with Gasteiger partial charge in [0.2, 0.25) is 11.8 Å². The third-order valence-electron chi connectivity index (χ3n) is 4.51. The van der Waals surface area contributed by atoms with Gasteiger partial charge in [-0.2, -0.15) is 0 Å². The number of nitrogens with one attached hydrogen (secondary N) is 2. The van der Waals surface area contributed by atoms with Crippen LogP contribution >= 0.6 is 11.8 Å². The first-order valence-corrected chi connectivity index (χ1v) is 10.7. The Morgan fingerprint density at radius 3 is 2.60 bits per heavy atom. The Labute approximate surface area is 180 Å². The van der Waals surface area contributed by atoms with E-state index in [1.165, 1.54) is 11.8 Å². The Hall–Kier alpha value is -3.13. The molecule has 30 heavy (non-hydrogen) atoms. The van der Waals surface area contributed by atoms with Crippen LogP contribution in [0, 0.1) is 13.8 Å². The van der Waals surface area contributed by atoms with Crippen LogP contribution in [-0.2, 0) is 16.0 Å². The monoisotopic (exact) mass is 423 g/mol. The first-order valence-electron chi connectivity index (χ1n) is 9.74. The summed E-state index contributed by atoms with van der Waals surface area (Å²) in [4.78, 5) is 24.4. The van der Waals surface area contributed by atoms with Gasteiger partial charge >= 0.3 is 0 Å². The first kappa shape index (κ1) is 21.6. The fourth-order valence-corrected chi connectivity index (χ4v) is 3.83. The van der Waals surface area contributed by atoms with Crippen LogP contribution in [0.15, 0.2) is 53.7 Å². The quantitative estimate of drug-likeness (QED) is 0.543. The predicted molar refractivity (Wildman–Crippen MR) is 119 cm³/mol. The summed E-state index contributed by atoms with van der Waals surface area (Å²) in [7, 11) is 0. The standard InChI is InChI=1S/C22H25N5O2S/c1-4-17-9-5-6-11-19(17)24-20(28)13-23-21(29)14-30-22-26-25-16(3)27(22)18-10-7-8-15(2)12-18/h5-12H,4,13-14H2,1-3H3,(H,23,29)(H,24,28). The van der Waals surface area contributed by atoms with Crippen LogP contribution in [0.5, 0.6) is 0 Å². The number of rotatable bonds is 8. The highest BCUT2D eigenvalue weighted by Crippen LogP contribution is 2.22. The van der Waals surface area contributed by atoms with Crippen LogP contribution in [0.2, 0.25) is 0 Å². The molecule has 156 valence electrons. The molecule has 0 unspecified atom stereocenters. The first-order chi connectivity index (χ1) is 14.5. The molecule has 0 aliphatic carbocycles. The van der Waals surface area contributed by atoms with E-state index in [0.29, 0.717) is 5.16 Å². The highest BCUT2D eigenvalue weighted by Gasteiger charge is 2.14. The van der Waals surface area contributed by atoms with Gasteiger partial charge in [-0.1, -0.05) is 49.0 Å². The molecule has 3 rings (SSSR count). The largest absolute Gasteiger partial charge is 0.346 e. The lowest BCUT2D eigenvalue weighted by molar-refractivity contribution is -0.122. The zero-order valence-electron chi connectivity index (χ0n) is 17.3. The fourth-order valence-electron chi connectivity index (χ4n) is 3.01. The number of para-hydroxylation sites is 1. The number of aromatic nitrogens is 3. The van der Waals surface area contributed by atoms with E-state index in [9.17, 15) is 9.59 Å². The van der Waals surface area contributed by atoms with Crippen molar-refractivity contribution in [2.75, 3.05) is 17.6 Å². The zero-order chi connectivity index (χ0) is 21.5. The minimum absolute atomic E-state index is 0.0823. The van der Waals surface area contributed by atoms with E-state index in [0.717, 1.165) is 34.7 Å². The molecule has 8 heteroatoms. The van der Waals surface area contributed by atoms with Gasteiger partial charge < -0.3 is 10.6 Å². The van der Waals surface area contributed by atoms with Crippen molar-refractivity contribution in [1.29, 1.82) is 0 Å². The minimum Gasteiger partial charge on any atom is -0.346 e. The summed E-state index contributed by atoms with van der Waals surface area (Å²) in [6.07, 6.45) is 0.820. The SMILES string of the molecule is CCc1ccccc1NC(=O)CNC(=O)CSc1nnc(C)n1-c1cccc(C)c1. The lowest BCUT2D eigenvalue weighted by atomic mass is 10.1. The molecule has 0 radical (unpaired) electrons. The van der Waals surface area contributed by atoms with Crippen molar-refractivity contribution in [2.24, 2.45) is 0 Å². The molecule has 2 aromatic carbocycles. The fraction of sp³-hybridized carbons (Fsp3) is 0.273. The number of carbonyl (C=O) groups is 2. The second kappa shape index (κ2) is 10.1. The van der Waals surface area contributed by atoms with Crippen LogP contribution in [0.25, 0.3) is 5.69 Å². The number of carbonyl (C=O) groups excluding carboxylic acids is 2. The Kier molecular flexibility index (Phi) is 7.24. The summed E-state index contributed by atoms with van der Waals surface area (Å²) >= 11 is 1.28. The van der Waals surface area contributed by atoms with Crippen molar-refractivity contribution in [3.63, 3.8) is 0 Å². The Morgan fingerprint density at radius 2 is 1.83 bits per heavy atom. The maximum Gasteiger partial charge on any atom is 0.243 e. The topological polar surface area (TPSA) is 88.9 Å². The molecule has 0 fully saturated rings. The molecule has 0 spiro atoms. The average molecular weight is 424 g/mol. The molecule has 0 saturated carbocycles. The Balaban J connectivity index is 1.54. The van der Waals surface area contributed by atoms with E-state index < -0.39 is 0 Å². The van der Waals surface area contributed by atoms with Crippen molar-refractivity contribution < 1.29 is 9.59 Å². The number of benzene rings is 2. The van der Waals surface area contributed by atoms with E-state index in [-0.39, 0.29) is 24.1 Å². The summed E-state index contributed by atoms with van der Waals surface area (Å²) in [6, 6.07) is 15.6. The molecular weight excluding hydrogens is 398 g/mol. The van der Waals surface area contributed by atoms with Crippen molar-refractivity contribution in [3.05, 3.63) is 65.5 Å². The van der Waals surface area contributed by atoms with E-state index in [4.69, 9.17) is 0 Å². The lowest BCUT2D eigenvalue weighted by Gasteiger charge is -2.11. The number of hydrogen-bond donors (Lipinski definition) is 2. The van der Waals surface area contributed by atoms with Crippen LogP contribution < -0.4 is 10.6 Å². The van der Waals surface area contributed by atoms with E-state index in [1.54, 1.807) is 0 Å². The third-order valence-corrected chi connectivity index (χ3v) is 5.43. The highest BCUT2D eigenvalue weighted by atomic mass is 32.2. The third kappa shape index (κ3) is 5.48. The zero-order valence-corrected chi connectivity index (χ0v) is 18.1. The second-order valence-electron chi connectivity index (χ2n) is 6.83. The molecule has 0 atom stereocenters. The molecule has 2 amide bonds. The molecule has 2 N–H and O–H groups in total. The number of hydrogen-bond acceptors (Lipinski definition) is 5. The van der Waals surface area contributed by atoms with E-state index in [2.05, 4.69) is 20.8 Å². The van der Waals surface area contributed by atoms with Gasteiger partial charge in [0.1, 0.15) is 5.82 Å². The van der Waals surface area contributed by atoms with E-state index >= 15 is 0 Å². The summed E-state index contributed by atoms with van der Waals surface area (Å²) in [6.45, 7) is 5.84. The van der Waals surface area contributed by atoms with Crippen molar-refractivity contribution in [2.45, 2.75) is 32.3 Å². The maximum absolute atomic E-state index is 12.2. The van der Waals surface area contributed by atoms with E-state index in [1.807, 2.05) is 73.9 Å². The van der Waals surface area contributed by atoms with Crippen molar-refractivity contribution in [1.82, 2.24) is 20.1 Å². The number of amides is 2. The maximum atomic E-state index is 12.2. The second-order valence-corrected chi connectivity index (χ2v) is 7.77. The van der Waals surface area contributed by atoms with Crippen molar-refractivity contribution >= 4 is 29.3 Å². The van der Waals surface area contributed by atoms with Gasteiger partial charge in [0.15, 0.2) is 5.16 Å². The molecule has 1 aromatic heterocycles. The molecule has 0 saturated heterocycles. The van der Waals surface area contributed by atoms with Crippen LogP contribution in [0.3, 0.4) is 0 Å². The smallest absolute Gasteiger partial charge is 0.243 e. The van der Waals surface area contributed by atoms with Crippen LogP contribution in [0.1, 0.15) is 23.9 Å². The molecule has 0 aliphatic heterocycles. The Bertz CT molecular complexity index is 1050. The van der Waals surface area contributed by atoms with Crippen LogP contribution in [-0.4, -0.2) is 38.9 Å². The molecule has 3 aromatic rings. The van der Waals surface area contributed by atoms with Gasteiger partial charge in [0.05, 0.1) is 12.3 Å². The molecule has 0 aliphatic rings. The minimum atomic E-state index is -0.256. The summed E-state index contributed by atoms with van der Waals surface area (Å²) in [5.41, 5.74) is 3.91. The summed E-state index contributed by atoms with van der Waals surface area (Å²) < 4.78 is 1.92.